The molecule has 0 radical (unpaired) electrons. The van der Waals surface area contributed by atoms with Crippen LogP contribution in [0.4, 0.5) is 5.69 Å². The Kier molecular flexibility index (Phi) is 4.09. The van der Waals surface area contributed by atoms with Crippen LogP contribution in [0.3, 0.4) is 0 Å². The number of anilines is 1. The van der Waals surface area contributed by atoms with E-state index in [4.69, 9.17) is 14.0 Å². The normalized spacial score (nSPS) is 16.0. The second kappa shape index (κ2) is 6.89. The van der Waals surface area contributed by atoms with Crippen molar-refractivity contribution in [2.24, 2.45) is 0 Å². The molecule has 10 heteroatoms. The van der Waals surface area contributed by atoms with Gasteiger partial charge in [0.05, 0.1) is 18.7 Å². The molecule has 0 saturated carbocycles. The molecule has 2 aliphatic rings. The molecule has 142 valence electrons. The number of nitrogens with zero attached hydrogens (tertiary/aromatic N) is 5. The highest BCUT2D eigenvalue weighted by Crippen LogP contribution is 2.34. The summed E-state index contributed by atoms with van der Waals surface area (Å²) in [6, 6.07) is 5.32. The number of amides is 1. The van der Waals surface area contributed by atoms with E-state index in [9.17, 15) is 4.79 Å². The van der Waals surface area contributed by atoms with Crippen molar-refractivity contribution >= 4 is 11.6 Å². The minimum absolute atomic E-state index is 0.0944. The van der Waals surface area contributed by atoms with Crippen LogP contribution < -0.4 is 14.8 Å². The molecular formula is C18H16N6O4. The van der Waals surface area contributed by atoms with Crippen molar-refractivity contribution in [3.05, 3.63) is 42.7 Å². The number of hydrogen-bond donors (Lipinski definition) is 1. The summed E-state index contributed by atoms with van der Waals surface area (Å²) in [6.07, 6.45) is 4.75. The first-order chi connectivity index (χ1) is 13.7. The molecule has 1 N–H and O–H groups in total. The third-order valence-corrected chi connectivity index (χ3v) is 4.56. The number of carbonyl (C=O) groups is 1. The Morgan fingerprint density at radius 3 is 2.96 bits per heavy atom. The predicted octanol–water partition coefficient (Wildman–Crippen LogP) is 1.29. The van der Waals surface area contributed by atoms with E-state index in [0.29, 0.717) is 47.7 Å². The molecule has 4 heterocycles. The van der Waals surface area contributed by atoms with Crippen LogP contribution in [-0.4, -0.2) is 57.3 Å². The van der Waals surface area contributed by atoms with Gasteiger partial charge in [0.25, 0.3) is 0 Å². The average molecular weight is 380 g/mol. The first kappa shape index (κ1) is 16.6. The number of carbonyl (C=O) groups excluding carboxylic acids is 1. The highest BCUT2D eigenvalue weighted by atomic mass is 16.7. The van der Waals surface area contributed by atoms with E-state index >= 15 is 0 Å². The fourth-order valence-electron chi connectivity index (χ4n) is 3.15. The average Bonchev–Trinajstić information content (AvgIpc) is 3.34. The Morgan fingerprint density at radius 1 is 1.21 bits per heavy atom. The Labute approximate surface area is 159 Å². The second-order valence-electron chi connectivity index (χ2n) is 6.55. The van der Waals surface area contributed by atoms with Gasteiger partial charge >= 0.3 is 0 Å². The molecule has 0 spiro atoms. The van der Waals surface area contributed by atoms with Crippen molar-refractivity contribution in [1.82, 2.24) is 25.0 Å². The standard InChI is InChI=1S/C18H16N6O4/c25-16(21-12-1-2-14-15(5-12)27-10-26-14)9-24-7-11(8-24)18-22-17(23-28-18)13-6-19-3-4-20-13/h1-6,11H,7-10H2,(H,21,25). The first-order valence-corrected chi connectivity index (χ1v) is 8.76. The molecule has 0 unspecified atom stereocenters. The maximum Gasteiger partial charge on any atom is 0.238 e. The van der Waals surface area contributed by atoms with E-state index in [1.807, 2.05) is 4.90 Å². The van der Waals surface area contributed by atoms with E-state index in [0.717, 1.165) is 0 Å². The largest absolute Gasteiger partial charge is 0.454 e. The molecule has 5 rings (SSSR count). The number of nitrogens with one attached hydrogen (secondary N) is 1. The molecule has 1 aromatic carbocycles. The maximum atomic E-state index is 12.3. The topological polar surface area (TPSA) is 116 Å². The lowest BCUT2D eigenvalue weighted by molar-refractivity contribution is -0.118. The number of aromatic nitrogens is 4. The van der Waals surface area contributed by atoms with Crippen LogP contribution in [0.25, 0.3) is 11.5 Å². The monoisotopic (exact) mass is 380 g/mol. The van der Waals surface area contributed by atoms with Gasteiger partial charge < -0.3 is 19.3 Å². The molecule has 1 saturated heterocycles. The first-order valence-electron chi connectivity index (χ1n) is 8.76. The molecule has 10 nitrogen and oxygen atoms in total. The van der Waals surface area contributed by atoms with Crippen molar-refractivity contribution in [2.75, 3.05) is 31.7 Å². The van der Waals surface area contributed by atoms with E-state index in [2.05, 4.69) is 25.4 Å². The van der Waals surface area contributed by atoms with Gasteiger partial charge in [0.15, 0.2) is 11.5 Å². The summed E-state index contributed by atoms with van der Waals surface area (Å²) < 4.78 is 15.9. The van der Waals surface area contributed by atoms with Crippen LogP contribution >= 0.6 is 0 Å². The molecule has 2 aliphatic heterocycles. The summed E-state index contributed by atoms with van der Waals surface area (Å²) in [5, 5.41) is 6.82. The fourth-order valence-corrected chi connectivity index (χ4v) is 3.15. The number of rotatable bonds is 5. The Bertz CT molecular complexity index is 1000. The van der Waals surface area contributed by atoms with Gasteiger partial charge in [-0.3, -0.25) is 14.7 Å². The minimum atomic E-state index is -0.0944. The lowest BCUT2D eigenvalue weighted by atomic mass is 10.0. The lowest BCUT2D eigenvalue weighted by Crippen LogP contribution is -2.48. The van der Waals surface area contributed by atoms with Crippen LogP contribution in [-0.2, 0) is 4.79 Å². The zero-order valence-corrected chi connectivity index (χ0v) is 14.7. The maximum absolute atomic E-state index is 12.3. The Balaban J connectivity index is 1.13. The fraction of sp³-hybridized carbons (Fsp3) is 0.278. The van der Waals surface area contributed by atoms with Crippen LogP contribution in [0, 0.1) is 0 Å². The molecule has 1 fully saturated rings. The Hall–Kier alpha value is -3.53. The van der Waals surface area contributed by atoms with Crippen molar-refractivity contribution in [3.8, 4) is 23.0 Å². The summed E-state index contributed by atoms with van der Waals surface area (Å²) in [6.45, 7) is 1.85. The third-order valence-electron chi connectivity index (χ3n) is 4.56. The summed E-state index contributed by atoms with van der Waals surface area (Å²) in [7, 11) is 0. The van der Waals surface area contributed by atoms with Crippen LogP contribution in [0.1, 0.15) is 11.8 Å². The summed E-state index contributed by atoms with van der Waals surface area (Å²) >= 11 is 0. The molecule has 3 aromatic rings. The van der Waals surface area contributed by atoms with Crippen molar-refractivity contribution < 1.29 is 18.8 Å². The van der Waals surface area contributed by atoms with Gasteiger partial charge in [-0.2, -0.15) is 4.98 Å². The molecule has 0 atom stereocenters. The molecule has 2 aromatic heterocycles. The van der Waals surface area contributed by atoms with Gasteiger partial charge in [-0.05, 0) is 12.1 Å². The van der Waals surface area contributed by atoms with Crippen LogP contribution in [0.15, 0.2) is 41.3 Å². The molecular weight excluding hydrogens is 364 g/mol. The summed E-state index contributed by atoms with van der Waals surface area (Å²) in [5.41, 5.74) is 1.24. The van der Waals surface area contributed by atoms with Crippen molar-refractivity contribution in [2.45, 2.75) is 5.92 Å². The van der Waals surface area contributed by atoms with Gasteiger partial charge in [0, 0.05) is 37.2 Å². The molecule has 0 aliphatic carbocycles. The number of hydrogen-bond acceptors (Lipinski definition) is 9. The second-order valence-corrected chi connectivity index (χ2v) is 6.55. The van der Waals surface area contributed by atoms with Gasteiger partial charge in [-0.15, -0.1) is 0 Å². The lowest BCUT2D eigenvalue weighted by Gasteiger charge is -2.36. The quantitative estimate of drug-likeness (QED) is 0.699. The Morgan fingerprint density at radius 2 is 2.11 bits per heavy atom. The molecule has 0 bridgehead atoms. The number of likely N-dealkylation sites (tertiary alicyclic amines) is 1. The van der Waals surface area contributed by atoms with Gasteiger partial charge in [-0.25, -0.2) is 4.98 Å². The molecule has 28 heavy (non-hydrogen) atoms. The van der Waals surface area contributed by atoms with Crippen molar-refractivity contribution in [1.29, 1.82) is 0 Å². The van der Waals surface area contributed by atoms with Crippen LogP contribution in [0.5, 0.6) is 11.5 Å². The number of fused-ring (bicyclic) bond motifs is 1. The third kappa shape index (κ3) is 3.25. The number of benzene rings is 1. The van der Waals surface area contributed by atoms with Gasteiger partial charge in [0.1, 0.15) is 5.69 Å². The van der Waals surface area contributed by atoms with Gasteiger partial charge in [0.2, 0.25) is 24.4 Å². The number of ether oxygens (including phenoxy) is 2. The predicted molar refractivity (Wildman–Crippen MR) is 95.7 cm³/mol. The minimum Gasteiger partial charge on any atom is -0.454 e. The smallest absolute Gasteiger partial charge is 0.238 e. The molecule has 1 amide bonds. The highest BCUT2D eigenvalue weighted by Gasteiger charge is 2.33. The van der Waals surface area contributed by atoms with E-state index in [1.165, 1.54) is 0 Å². The van der Waals surface area contributed by atoms with Gasteiger partial charge in [-0.1, -0.05) is 5.16 Å². The van der Waals surface area contributed by atoms with Crippen LogP contribution in [0.2, 0.25) is 0 Å². The summed E-state index contributed by atoms with van der Waals surface area (Å²) in [4.78, 5) is 26.8. The highest BCUT2D eigenvalue weighted by molar-refractivity contribution is 5.92. The van der Waals surface area contributed by atoms with Crippen molar-refractivity contribution in [3.63, 3.8) is 0 Å². The van der Waals surface area contributed by atoms with E-state index in [1.54, 1.807) is 36.8 Å². The SMILES string of the molecule is O=C(CN1CC(c2nc(-c3cnccn3)no2)C1)Nc1ccc2c(c1)OCO2. The summed E-state index contributed by atoms with van der Waals surface area (Å²) in [5.74, 6) is 2.30. The zero-order chi connectivity index (χ0) is 18.9. The van der Waals surface area contributed by atoms with E-state index < -0.39 is 0 Å². The van der Waals surface area contributed by atoms with E-state index in [-0.39, 0.29) is 25.2 Å². The zero-order valence-electron chi connectivity index (χ0n) is 14.7.